The van der Waals surface area contributed by atoms with Crippen LogP contribution in [0.1, 0.15) is 91.9 Å². The lowest BCUT2D eigenvalue weighted by Gasteiger charge is -2.26. The molecule has 6 heteroatoms. The molecule has 0 amide bonds. The Bertz CT molecular complexity index is 548. The maximum absolute atomic E-state index is 12.1. The number of aliphatic hydroxyl groups excluding tert-OH is 1. The van der Waals surface area contributed by atoms with Crippen LogP contribution in [0.5, 0.6) is 0 Å². The summed E-state index contributed by atoms with van der Waals surface area (Å²) in [6, 6.07) is 0. The van der Waals surface area contributed by atoms with Gasteiger partial charge in [-0.05, 0) is 40.0 Å². The molecule has 1 rings (SSSR count). The Balaban J connectivity index is 2.23. The van der Waals surface area contributed by atoms with Crippen molar-refractivity contribution in [1.29, 1.82) is 0 Å². The van der Waals surface area contributed by atoms with Gasteiger partial charge in [0, 0.05) is 25.2 Å². The molecule has 0 aliphatic carbocycles. The van der Waals surface area contributed by atoms with Crippen molar-refractivity contribution in [2.45, 2.75) is 97.5 Å². The molecule has 0 spiro atoms. The van der Waals surface area contributed by atoms with Gasteiger partial charge in [0.15, 0.2) is 5.60 Å². The Labute approximate surface area is 182 Å². The van der Waals surface area contributed by atoms with E-state index in [9.17, 15) is 14.7 Å². The monoisotopic (exact) mass is 426 g/mol. The first-order valence-electron chi connectivity index (χ1n) is 11.5. The zero-order valence-electron chi connectivity index (χ0n) is 19.5. The van der Waals surface area contributed by atoms with E-state index in [4.69, 9.17) is 14.2 Å². The first kappa shape index (κ1) is 26.6. The van der Waals surface area contributed by atoms with Crippen molar-refractivity contribution in [3.63, 3.8) is 0 Å². The van der Waals surface area contributed by atoms with E-state index < -0.39 is 17.0 Å². The SMILES string of the molecule is CCCCCCCCCOCCC/C=C1\CC(CO)(COC(=O)C(C)(C)C)OC1=O. The van der Waals surface area contributed by atoms with E-state index in [2.05, 4.69) is 6.92 Å². The number of hydrogen-bond acceptors (Lipinski definition) is 6. The minimum absolute atomic E-state index is 0.135. The lowest BCUT2D eigenvalue weighted by atomic mass is 9.96. The van der Waals surface area contributed by atoms with Gasteiger partial charge in [-0.3, -0.25) is 4.79 Å². The third-order valence-corrected chi connectivity index (χ3v) is 5.23. The first-order chi connectivity index (χ1) is 14.2. The fraction of sp³-hybridized carbons (Fsp3) is 0.833. The highest BCUT2D eigenvalue weighted by molar-refractivity contribution is 5.91. The molecule has 1 N–H and O–H groups in total. The molecule has 6 nitrogen and oxygen atoms in total. The lowest BCUT2D eigenvalue weighted by molar-refractivity contribution is -0.171. The summed E-state index contributed by atoms with van der Waals surface area (Å²) in [5.41, 5.74) is -1.28. The number of unbranched alkanes of at least 4 members (excludes halogenated alkanes) is 7. The number of hydrogen-bond donors (Lipinski definition) is 1. The van der Waals surface area contributed by atoms with Gasteiger partial charge in [0.05, 0.1) is 12.0 Å². The van der Waals surface area contributed by atoms with E-state index in [1.165, 1.54) is 38.5 Å². The van der Waals surface area contributed by atoms with Gasteiger partial charge >= 0.3 is 11.9 Å². The van der Waals surface area contributed by atoms with Gasteiger partial charge in [0.2, 0.25) is 0 Å². The average molecular weight is 427 g/mol. The summed E-state index contributed by atoms with van der Waals surface area (Å²) in [6.45, 7) is 8.43. The van der Waals surface area contributed by atoms with Crippen LogP contribution in [0.15, 0.2) is 11.6 Å². The number of carbonyl (C=O) groups is 2. The predicted octanol–water partition coefficient (Wildman–Crippen LogP) is 4.73. The second-order valence-electron chi connectivity index (χ2n) is 9.34. The summed E-state index contributed by atoms with van der Waals surface area (Å²) in [5, 5.41) is 9.72. The van der Waals surface area contributed by atoms with Gasteiger partial charge in [-0.2, -0.15) is 0 Å². The third-order valence-electron chi connectivity index (χ3n) is 5.23. The maximum Gasteiger partial charge on any atom is 0.334 e. The van der Waals surface area contributed by atoms with Crippen molar-refractivity contribution in [2.75, 3.05) is 26.4 Å². The maximum atomic E-state index is 12.1. The van der Waals surface area contributed by atoms with E-state index >= 15 is 0 Å². The molecule has 174 valence electrons. The highest BCUT2D eigenvalue weighted by Crippen LogP contribution is 2.32. The highest BCUT2D eigenvalue weighted by atomic mass is 16.6. The molecule has 0 aromatic rings. The molecule has 0 bridgehead atoms. The van der Waals surface area contributed by atoms with Gasteiger partial charge < -0.3 is 19.3 Å². The number of rotatable bonds is 15. The van der Waals surface area contributed by atoms with Gasteiger partial charge in [0.25, 0.3) is 0 Å². The normalized spacial score (nSPS) is 20.6. The van der Waals surface area contributed by atoms with Crippen LogP contribution in [0.4, 0.5) is 0 Å². The van der Waals surface area contributed by atoms with Crippen LogP contribution in [0.25, 0.3) is 0 Å². The second kappa shape index (κ2) is 13.8. The fourth-order valence-corrected chi connectivity index (χ4v) is 3.23. The summed E-state index contributed by atoms with van der Waals surface area (Å²) in [7, 11) is 0. The number of aliphatic hydroxyl groups is 1. The van der Waals surface area contributed by atoms with Crippen LogP contribution >= 0.6 is 0 Å². The second-order valence-corrected chi connectivity index (χ2v) is 9.34. The van der Waals surface area contributed by atoms with E-state index in [-0.39, 0.29) is 25.6 Å². The number of carbonyl (C=O) groups excluding carboxylic acids is 2. The van der Waals surface area contributed by atoms with Crippen molar-refractivity contribution in [2.24, 2.45) is 5.41 Å². The van der Waals surface area contributed by atoms with Crippen LogP contribution < -0.4 is 0 Å². The quantitative estimate of drug-likeness (QED) is 0.232. The summed E-state index contributed by atoms with van der Waals surface area (Å²) in [5.74, 6) is -0.832. The topological polar surface area (TPSA) is 82.1 Å². The number of cyclic esters (lactones) is 1. The molecule has 0 saturated carbocycles. The molecule has 1 aliphatic rings. The molecule has 1 aliphatic heterocycles. The van der Waals surface area contributed by atoms with Crippen molar-refractivity contribution in [3.8, 4) is 0 Å². The Morgan fingerprint density at radius 3 is 2.37 bits per heavy atom. The average Bonchev–Trinajstić information content (AvgIpc) is 3.02. The van der Waals surface area contributed by atoms with Crippen LogP contribution in [-0.2, 0) is 23.8 Å². The van der Waals surface area contributed by atoms with Crippen LogP contribution in [0.3, 0.4) is 0 Å². The smallest absolute Gasteiger partial charge is 0.334 e. The summed E-state index contributed by atoms with van der Waals surface area (Å²) >= 11 is 0. The van der Waals surface area contributed by atoms with Gasteiger partial charge in [-0.1, -0.05) is 51.5 Å². The molecule has 1 unspecified atom stereocenters. The number of allylic oxidation sites excluding steroid dienone is 1. The summed E-state index contributed by atoms with van der Waals surface area (Å²) in [6.07, 6.45) is 12.5. The highest BCUT2D eigenvalue weighted by Gasteiger charge is 2.45. The predicted molar refractivity (Wildman–Crippen MR) is 117 cm³/mol. The minimum atomic E-state index is -1.17. The minimum Gasteiger partial charge on any atom is -0.461 e. The third kappa shape index (κ3) is 10.1. The van der Waals surface area contributed by atoms with Crippen molar-refractivity contribution in [1.82, 2.24) is 0 Å². The molecule has 0 aromatic carbocycles. The molecule has 30 heavy (non-hydrogen) atoms. The molecule has 1 atom stereocenters. The van der Waals surface area contributed by atoms with Crippen molar-refractivity contribution < 1.29 is 28.9 Å². The molecule has 1 heterocycles. The Hall–Kier alpha value is -1.40. The van der Waals surface area contributed by atoms with Crippen molar-refractivity contribution in [3.05, 3.63) is 11.6 Å². The van der Waals surface area contributed by atoms with E-state index in [1.54, 1.807) is 20.8 Å². The van der Waals surface area contributed by atoms with Crippen LogP contribution in [0, 0.1) is 5.41 Å². The van der Waals surface area contributed by atoms with Gasteiger partial charge in [0.1, 0.15) is 6.61 Å². The summed E-state index contributed by atoms with van der Waals surface area (Å²) < 4.78 is 16.3. The standard InChI is InChI=1S/C24H42O6/c1-5-6-7-8-9-10-12-15-28-16-13-11-14-20-17-24(18-25,30-21(20)26)19-29-22(27)23(2,3)4/h14,25H,5-13,15-19H2,1-4H3/b20-14+. The molecule has 0 radical (unpaired) electrons. The number of esters is 2. The molecule has 0 aromatic heterocycles. The largest absolute Gasteiger partial charge is 0.461 e. The molecular weight excluding hydrogens is 384 g/mol. The fourth-order valence-electron chi connectivity index (χ4n) is 3.23. The molecule has 1 fully saturated rings. The molecule has 1 saturated heterocycles. The van der Waals surface area contributed by atoms with Crippen molar-refractivity contribution >= 4 is 11.9 Å². The van der Waals surface area contributed by atoms with Crippen LogP contribution in [-0.4, -0.2) is 49.1 Å². The van der Waals surface area contributed by atoms with E-state index in [0.29, 0.717) is 18.6 Å². The molecular formula is C24H42O6. The zero-order chi connectivity index (χ0) is 22.5. The zero-order valence-corrected chi connectivity index (χ0v) is 19.5. The first-order valence-corrected chi connectivity index (χ1v) is 11.5. The summed E-state index contributed by atoms with van der Waals surface area (Å²) in [4.78, 5) is 24.1. The lowest BCUT2D eigenvalue weighted by Crippen LogP contribution is -2.40. The van der Waals surface area contributed by atoms with E-state index in [0.717, 1.165) is 19.4 Å². The van der Waals surface area contributed by atoms with Crippen LogP contribution in [0.2, 0.25) is 0 Å². The van der Waals surface area contributed by atoms with E-state index in [1.807, 2.05) is 6.08 Å². The van der Waals surface area contributed by atoms with Gasteiger partial charge in [-0.15, -0.1) is 0 Å². The Morgan fingerprint density at radius 1 is 1.10 bits per heavy atom. The number of ether oxygens (including phenoxy) is 3. The van der Waals surface area contributed by atoms with Gasteiger partial charge in [-0.25, -0.2) is 4.79 Å². The Morgan fingerprint density at radius 2 is 1.73 bits per heavy atom. The Kier molecular flexibility index (Phi) is 12.3.